The van der Waals surface area contributed by atoms with Gasteiger partial charge in [0.15, 0.2) is 11.5 Å². The number of hydrogen-bond donors (Lipinski definition) is 2. The third-order valence-electron chi connectivity index (χ3n) is 1.88. The first-order valence-electron chi connectivity index (χ1n) is 5.10. The van der Waals surface area contributed by atoms with Crippen molar-refractivity contribution >= 4 is 12.2 Å². The number of nitrogens with two attached hydrogens (primary N) is 2. The number of methoxy groups -OCH3 is 1. The van der Waals surface area contributed by atoms with Crippen molar-refractivity contribution < 1.29 is 9.47 Å². The Morgan fingerprint density at radius 2 is 2.18 bits per heavy atom. The average Bonchev–Trinajstić information content (AvgIpc) is 2.29. The summed E-state index contributed by atoms with van der Waals surface area (Å²) in [6.07, 6.45) is 1.50. The molecule has 6 nitrogen and oxygen atoms in total. The first-order chi connectivity index (χ1) is 8.19. The van der Waals surface area contributed by atoms with E-state index in [1.54, 1.807) is 7.11 Å². The monoisotopic (exact) mass is 236 g/mol. The maximum atomic E-state index is 5.42. The topological polar surface area (TPSA) is 95.2 Å². The van der Waals surface area contributed by atoms with Gasteiger partial charge in [0.05, 0.1) is 19.9 Å². The minimum atomic E-state index is -0.0961. The number of nitrogens with zero attached hydrogens (tertiary/aromatic N) is 2. The van der Waals surface area contributed by atoms with Gasteiger partial charge in [-0.25, -0.2) is 0 Å². The lowest BCUT2D eigenvalue weighted by atomic mass is 10.2. The number of rotatable bonds is 5. The smallest absolute Gasteiger partial charge is 0.211 e. The maximum Gasteiger partial charge on any atom is 0.211 e. The van der Waals surface area contributed by atoms with Gasteiger partial charge in [-0.15, -0.1) is 5.10 Å². The van der Waals surface area contributed by atoms with Gasteiger partial charge in [-0.1, -0.05) is 6.07 Å². The van der Waals surface area contributed by atoms with Crippen LogP contribution >= 0.6 is 0 Å². The molecule has 0 unspecified atom stereocenters. The first kappa shape index (κ1) is 12.8. The Labute approximate surface area is 99.9 Å². The van der Waals surface area contributed by atoms with E-state index in [1.807, 2.05) is 25.1 Å². The molecule has 1 rings (SSSR count). The van der Waals surface area contributed by atoms with Crippen molar-refractivity contribution in [1.82, 2.24) is 0 Å². The van der Waals surface area contributed by atoms with E-state index in [9.17, 15) is 0 Å². The zero-order chi connectivity index (χ0) is 12.7. The van der Waals surface area contributed by atoms with Crippen LogP contribution in [0.2, 0.25) is 0 Å². The summed E-state index contributed by atoms with van der Waals surface area (Å²) in [6.45, 7) is 2.46. The number of benzene rings is 1. The summed E-state index contributed by atoms with van der Waals surface area (Å²) in [5.41, 5.74) is 11.1. The van der Waals surface area contributed by atoms with Gasteiger partial charge < -0.3 is 20.9 Å². The van der Waals surface area contributed by atoms with E-state index in [-0.39, 0.29) is 5.96 Å². The van der Waals surface area contributed by atoms with Crippen LogP contribution in [0.4, 0.5) is 0 Å². The zero-order valence-corrected chi connectivity index (χ0v) is 9.88. The van der Waals surface area contributed by atoms with Crippen LogP contribution in [-0.2, 0) is 0 Å². The summed E-state index contributed by atoms with van der Waals surface area (Å²) in [6, 6.07) is 5.48. The maximum absolute atomic E-state index is 5.42. The second kappa shape index (κ2) is 6.37. The van der Waals surface area contributed by atoms with E-state index in [0.717, 1.165) is 5.56 Å². The SMILES string of the molecule is CCOc1cccc(C=NN=C(N)N)c1OC. The highest BCUT2D eigenvalue weighted by Gasteiger charge is 2.07. The highest BCUT2D eigenvalue weighted by Crippen LogP contribution is 2.29. The van der Waals surface area contributed by atoms with Crippen molar-refractivity contribution in [3.8, 4) is 11.5 Å². The fourth-order valence-corrected chi connectivity index (χ4v) is 1.28. The van der Waals surface area contributed by atoms with E-state index < -0.39 is 0 Å². The summed E-state index contributed by atoms with van der Waals surface area (Å²) in [5, 5.41) is 7.24. The molecule has 0 saturated heterocycles. The highest BCUT2D eigenvalue weighted by molar-refractivity contribution is 5.86. The van der Waals surface area contributed by atoms with Gasteiger partial charge in [0.2, 0.25) is 5.96 Å². The van der Waals surface area contributed by atoms with Crippen molar-refractivity contribution in [2.75, 3.05) is 13.7 Å². The van der Waals surface area contributed by atoms with Crippen molar-refractivity contribution in [2.45, 2.75) is 6.92 Å². The van der Waals surface area contributed by atoms with Crippen LogP contribution in [0, 0.1) is 0 Å². The van der Waals surface area contributed by atoms with Crippen molar-refractivity contribution in [2.24, 2.45) is 21.7 Å². The van der Waals surface area contributed by atoms with Gasteiger partial charge in [-0.2, -0.15) is 5.10 Å². The van der Waals surface area contributed by atoms with Crippen LogP contribution < -0.4 is 20.9 Å². The molecular weight excluding hydrogens is 220 g/mol. The quantitative estimate of drug-likeness (QED) is 0.447. The van der Waals surface area contributed by atoms with Crippen LogP contribution in [0.25, 0.3) is 0 Å². The van der Waals surface area contributed by atoms with E-state index in [2.05, 4.69) is 10.2 Å². The summed E-state index contributed by atoms with van der Waals surface area (Å²) in [5.74, 6) is 1.16. The summed E-state index contributed by atoms with van der Waals surface area (Å²) in [7, 11) is 1.57. The fourth-order valence-electron chi connectivity index (χ4n) is 1.28. The average molecular weight is 236 g/mol. The molecular formula is C11H16N4O2. The van der Waals surface area contributed by atoms with Crippen molar-refractivity contribution in [1.29, 1.82) is 0 Å². The molecule has 0 bridgehead atoms. The summed E-state index contributed by atoms with van der Waals surface area (Å²) in [4.78, 5) is 0. The molecule has 4 N–H and O–H groups in total. The molecule has 0 aliphatic rings. The zero-order valence-electron chi connectivity index (χ0n) is 9.88. The summed E-state index contributed by atoms with van der Waals surface area (Å²) < 4.78 is 10.7. The molecule has 0 aromatic heterocycles. The molecule has 1 aromatic rings. The predicted octanol–water partition coefficient (Wildman–Crippen LogP) is 0.701. The lowest BCUT2D eigenvalue weighted by molar-refractivity contribution is 0.310. The minimum absolute atomic E-state index is 0.0961. The van der Waals surface area contributed by atoms with Crippen LogP contribution in [0.15, 0.2) is 28.4 Å². The molecule has 0 fully saturated rings. The third-order valence-corrected chi connectivity index (χ3v) is 1.88. The Kier molecular flexibility index (Phi) is 4.80. The van der Waals surface area contributed by atoms with Gasteiger partial charge in [-0.3, -0.25) is 0 Å². The number of hydrogen-bond acceptors (Lipinski definition) is 4. The van der Waals surface area contributed by atoms with Gasteiger partial charge in [-0.05, 0) is 19.1 Å². The largest absolute Gasteiger partial charge is 0.492 e. The van der Waals surface area contributed by atoms with E-state index >= 15 is 0 Å². The number of guanidine groups is 1. The molecule has 0 saturated carbocycles. The van der Waals surface area contributed by atoms with Crippen molar-refractivity contribution in [3.05, 3.63) is 23.8 Å². The normalized spacial score (nSPS) is 10.2. The van der Waals surface area contributed by atoms with Gasteiger partial charge >= 0.3 is 0 Å². The molecule has 17 heavy (non-hydrogen) atoms. The molecule has 0 amide bonds. The van der Waals surface area contributed by atoms with Crippen LogP contribution in [0.5, 0.6) is 11.5 Å². The molecule has 0 heterocycles. The Hall–Kier alpha value is -2.24. The van der Waals surface area contributed by atoms with Gasteiger partial charge in [0, 0.05) is 5.56 Å². The Balaban J connectivity index is 3.02. The first-order valence-corrected chi connectivity index (χ1v) is 5.10. The van der Waals surface area contributed by atoms with E-state index in [1.165, 1.54) is 6.21 Å². The Bertz CT molecular complexity index is 425. The van der Waals surface area contributed by atoms with E-state index in [4.69, 9.17) is 20.9 Å². The Morgan fingerprint density at radius 1 is 1.41 bits per heavy atom. The molecule has 6 heteroatoms. The second-order valence-corrected chi connectivity index (χ2v) is 3.08. The molecule has 0 atom stereocenters. The second-order valence-electron chi connectivity index (χ2n) is 3.08. The van der Waals surface area contributed by atoms with Crippen LogP contribution in [-0.4, -0.2) is 25.9 Å². The lowest BCUT2D eigenvalue weighted by Crippen LogP contribution is -2.21. The van der Waals surface area contributed by atoms with Gasteiger partial charge in [0.25, 0.3) is 0 Å². The van der Waals surface area contributed by atoms with Gasteiger partial charge in [0.1, 0.15) is 0 Å². The highest BCUT2D eigenvalue weighted by atomic mass is 16.5. The molecule has 0 aliphatic heterocycles. The Morgan fingerprint density at radius 3 is 2.76 bits per heavy atom. The number of para-hydroxylation sites is 1. The standard InChI is InChI=1S/C11H16N4O2/c1-3-17-9-6-4-5-8(10(9)16-2)7-14-15-11(12)13/h4-7H,3H2,1-2H3,(H4,12,13,15). The predicted molar refractivity (Wildman–Crippen MR) is 67.6 cm³/mol. The molecule has 1 aromatic carbocycles. The minimum Gasteiger partial charge on any atom is -0.492 e. The molecule has 0 spiro atoms. The lowest BCUT2D eigenvalue weighted by Gasteiger charge is -2.10. The molecule has 92 valence electrons. The third kappa shape index (κ3) is 3.67. The fraction of sp³-hybridized carbons (Fsp3) is 0.273. The van der Waals surface area contributed by atoms with Crippen molar-refractivity contribution in [3.63, 3.8) is 0 Å². The van der Waals surface area contributed by atoms with E-state index in [0.29, 0.717) is 18.1 Å². The molecule has 0 radical (unpaired) electrons. The molecule has 0 aliphatic carbocycles. The number of ether oxygens (including phenoxy) is 2. The van der Waals surface area contributed by atoms with Crippen LogP contribution in [0.1, 0.15) is 12.5 Å². The summed E-state index contributed by atoms with van der Waals surface area (Å²) >= 11 is 0. The van der Waals surface area contributed by atoms with Crippen LogP contribution in [0.3, 0.4) is 0 Å².